The van der Waals surface area contributed by atoms with Gasteiger partial charge in [0.1, 0.15) is 12.2 Å². The summed E-state index contributed by atoms with van der Waals surface area (Å²) in [4.78, 5) is 4.07. The molecule has 0 spiro atoms. The first kappa shape index (κ1) is 12.1. The van der Waals surface area contributed by atoms with Crippen LogP contribution in [0, 0.1) is 0 Å². The molecule has 1 heterocycles. The molecule has 2 rings (SSSR count). The number of nitrogens with zero attached hydrogens (tertiary/aromatic N) is 2. The van der Waals surface area contributed by atoms with Gasteiger partial charge in [-0.15, -0.1) is 0 Å². The summed E-state index contributed by atoms with van der Waals surface area (Å²) in [6, 6.07) is 8.17. The minimum Gasteiger partial charge on any atom is -0.310 e. The standard InChI is InChI=1S/C12H15ClN4/c1-9(10-3-2-4-11(13)7-10)14-6-5-12-15-8-16-17-12/h2-4,7-9,14H,5-6H2,1H3,(H,15,16,17). The van der Waals surface area contributed by atoms with E-state index in [1.54, 1.807) is 0 Å². The Labute approximate surface area is 105 Å². The van der Waals surface area contributed by atoms with Crippen molar-refractivity contribution >= 4 is 11.6 Å². The van der Waals surface area contributed by atoms with Gasteiger partial charge in [-0.3, -0.25) is 5.10 Å². The zero-order valence-corrected chi connectivity index (χ0v) is 10.4. The maximum atomic E-state index is 5.95. The minimum atomic E-state index is 0.275. The minimum absolute atomic E-state index is 0.275. The van der Waals surface area contributed by atoms with Crippen molar-refractivity contribution in [2.24, 2.45) is 0 Å². The van der Waals surface area contributed by atoms with Crippen LogP contribution in [0.4, 0.5) is 0 Å². The predicted octanol–water partition coefficient (Wildman–Crippen LogP) is 2.35. The van der Waals surface area contributed by atoms with Crippen molar-refractivity contribution in [2.45, 2.75) is 19.4 Å². The second-order valence-corrected chi connectivity index (χ2v) is 4.35. The summed E-state index contributed by atoms with van der Waals surface area (Å²) in [6.45, 7) is 2.97. The number of nitrogens with one attached hydrogen (secondary N) is 2. The number of benzene rings is 1. The third-order valence-electron chi connectivity index (χ3n) is 2.63. The van der Waals surface area contributed by atoms with E-state index in [-0.39, 0.29) is 6.04 Å². The van der Waals surface area contributed by atoms with Gasteiger partial charge in [0.2, 0.25) is 0 Å². The van der Waals surface area contributed by atoms with Crippen molar-refractivity contribution in [2.75, 3.05) is 6.54 Å². The van der Waals surface area contributed by atoms with E-state index in [9.17, 15) is 0 Å². The molecule has 90 valence electrons. The SMILES string of the molecule is CC(NCCc1ncn[nH]1)c1cccc(Cl)c1. The topological polar surface area (TPSA) is 53.6 Å². The quantitative estimate of drug-likeness (QED) is 0.857. The summed E-state index contributed by atoms with van der Waals surface area (Å²) >= 11 is 5.95. The average molecular weight is 251 g/mol. The number of aromatic amines is 1. The first-order valence-corrected chi connectivity index (χ1v) is 5.96. The fourth-order valence-corrected chi connectivity index (χ4v) is 1.85. The van der Waals surface area contributed by atoms with Crippen LogP contribution >= 0.6 is 11.6 Å². The van der Waals surface area contributed by atoms with Crippen molar-refractivity contribution in [1.29, 1.82) is 0 Å². The number of halogens is 1. The lowest BCUT2D eigenvalue weighted by atomic mass is 10.1. The molecular formula is C12H15ClN4. The summed E-state index contributed by atoms with van der Waals surface area (Å²) in [5.74, 6) is 0.899. The van der Waals surface area contributed by atoms with Gasteiger partial charge in [-0.25, -0.2) is 4.98 Å². The van der Waals surface area contributed by atoms with Crippen LogP contribution in [-0.2, 0) is 6.42 Å². The molecule has 0 amide bonds. The summed E-state index contributed by atoms with van der Waals surface area (Å²) in [5.41, 5.74) is 1.19. The van der Waals surface area contributed by atoms with Gasteiger partial charge in [0.25, 0.3) is 0 Å². The maximum Gasteiger partial charge on any atom is 0.137 e. The third kappa shape index (κ3) is 3.54. The molecule has 2 N–H and O–H groups in total. The second kappa shape index (κ2) is 5.80. The lowest BCUT2D eigenvalue weighted by Crippen LogP contribution is -2.21. The largest absolute Gasteiger partial charge is 0.310 e. The van der Waals surface area contributed by atoms with Gasteiger partial charge in [-0.1, -0.05) is 23.7 Å². The van der Waals surface area contributed by atoms with E-state index >= 15 is 0 Å². The molecule has 1 aromatic carbocycles. The van der Waals surface area contributed by atoms with Gasteiger partial charge in [0.15, 0.2) is 0 Å². The highest BCUT2D eigenvalue weighted by Crippen LogP contribution is 2.16. The van der Waals surface area contributed by atoms with E-state index in [0.717, 1.165) is 23.8 Å². The molecule has 1 unspecified atom stereocenters. The number of H-pyrrole nitrogens is 1. The molecule has 0 fully saturated rings. The Balaban J connectivity index is 1.83. The van der Waals surface area contributed by atoms with Crippen molar-refractivity contribution in [3.63, 3.8) is 0 Å². The van der Waals surface area contributed by atoms with Crippen LogP contribution in [-0.4, -0.2) is 21.7 Å². The summed E-state index contributed by atoms with van der Waals surface area (Å²) in [5, 5.41) is 10.8. The highest BCUT2D eigenvalue weighted by Gasteiger charge is 2.05. The zero-order chi connectivity index (χ0) is 12.1. The molecule has 0 saturated carbocycles. The average Bonchev–Trinajstić information content (AvgIpc) is 2.82. The Bertz CT molecular complexity index is 455. The molecule has 1 aromatic heterocycles. The Morgan fingerprint density at radius 1 is 1.47 bits per heavy atom. The number of hydrogen-bond donors (Lipinski definition) is 2. The van der Waals surface area contributed by atoms with E-state index in [1.807, 2.05) is 18.2 Å². The molecule has 0 aliphatic carbocycles. The van der Waals surface area contributed by atoms with Gasteiger partial charge in [-0.05, 0) is 24.6 Å². The normalized spacial score (nSPS) is 12.6. The summed E-state index contributed by atoms with van der Waals surface area (Å²) < 4.78 is 0. The van der Waals surface area contributed by atoms with Crippen molar-refractivity contribution < 1.29 is 0 Å². The first-order chi connectivity index (χ1) is 8.25. The number of aromatic nitrogens is 3. The molecule has 0 radical (unpaired) electrons. The van der Waals surface area contributed by atoms with Gasteiger partial charge in [0.05, 0.1) is 0 Å². The van der Waals surface area contributed by atoms with Crippen molar-refractivity contribution in [3.05, 3.63) is 47.0 Å². The van der Waals surface area contributed by atoms with Gasteiger partial charge >= 0.3 is 0 Å². The Morgan fingerprint density at radius 2 is 2.35 bits per heavy atom. The van der Waals surface area contributed by atoms with Crippen LogP contribution in [0.15, 0.2) is 30.6 Å². The van der Waals surface area contributed by atoms with Gasteiger partial charge < -0.3 is 5.32 Å². The van der Waals surface area contributed by atoms with Crippen LogP contribution in [0.2, 0.25) is 5.02 Å². The summed E-state index contributed by atoms with van der Waals surface area (Å²) in [7, 11) is 0. The van der Waals surface area contributed by atoms with Crippen LogP contribution in [0.1, 0.15) is 24.4 Å². The summed E-state index contributed by atoms with van der Waals surface area (Å²) in [6.07, 6.45) is 2.36. The highest BCUT2D eigenvalue weighted by atomic mass is 35.5. The highest BCUT2D eigenvalue weighted by molar-refractivity contribution is 6.30. The lowest BCUT2D eigenvalue weighted by Gasteiger charge is -2.13. The van der Waals surface area contributed by atoms with E-state index in [2.05, 4.69) is 33.5 Å². The van der Waals surface area contributed by atoms with Gasteiger partial charge in [0, 0.05) is 24.0 Å². The second-order valence-electron chi connectivity index (χ2n) is 3.91. The Hall–Kier alpha value is -1.39. The molecule has 5 heteroatoms. The smallest absolute Gasteiger partial charge is 0.137 e. The van der Waals surface area contributed by atoms with Crippen molar-refractivity contribution in [3.8, 4) is 0 Å². The molecule has 0 aliphatic heterocycles. The Kier molecular flexibility index (Phi) is 4.12. The maximum absolute atomic E-state index is 5.95. The number of hydrogen-bond acceptors (Lipinski definition) is 3. The van der Waals surface area contributed by atoms with Crippen LogP contribution in [0.25, 0.3) is 0 Å². The van der Waals surface area contributed by atoms with Crippen LogP contribution < -0.4 is 5.32 Å². The molecule has 0 bridgehead atoms. The molecule has 0 saturated heterocycles. The monoisotopic (exact) mass is 250 g/mol. The third-order valence-corrected chi connectivity index (χ3v) is 2.86. The van der Waals surface area contributed by atoms with Gasteiger partial charge in [-0.2, -0.15) is 5.10 Å². The Morgan fingerprint density at radius 3 is 3.06 bits per heavy atom. The van der Waals surface area contributed by atoms with E-state index < -0.39 is 0 Å². The molecular weight excluding hydrogens is 236 g/mol. The molecule has 4 nitrogen and oxygen atoms in total. The predicted molar refractivity (Wildman–Crippen MR) is 68.0 cm³/mol. The zero-order valence-electron chi connectivity index (χ0n) is 9.65. The fourth-order valence-electron chi connectivity index (χ4n) is 1.65. The van der Waals surface area contributed by atoms with E-state index in [1.165, 1.54) is 11.9 Å². The molecule has 17 heavy (non-hydrogen) atoms. The first-order valence-electron chi connectivity index (χ1n) is 5.59. The van der Waals surface area contributed by atoms with Crippen LogP contribution in [0.3, 0.4) is 0 Å². The lowest BCUT2D eigenvalue weighted by molar-refractivity contribution is 0.570. The van der Waals surface area contributed by atoms with E-state index in [4.69, 9.17) is 11.6 Å². The number of rotatable bonds is 5. The molecule has 0 aliphatic rings. The van der Waals surface area contributed by atoms with Crippen LogP contribution in [0.5, 0.6) is 0 Å². The van der Waals surface area contributed by atoms with E-state index in [0.29, 0.717) is 0 Å². The van der Waals surface area contributed by atoms with Crippen molar-refractivity contribution in [1.82, 2.24) is 20.5 Å². The molecule has 2 aromatic rings. The fraction of sp³-hybridized carbons (Fsp3) is 0.333. The molecule has 1 atom stereocenters.